The Morgan fingerprint density at radius 1 is 1.06 bits per heavy atom. The van der Waals surface area contributed by atoms with Crippen molar-refractivity contribution in [3.8, 4) is 5.75 Å². The van der Waals surface area contributed by atoms with E-state index in [0.717, 1.165) is 17.7 Å². The minimum absolute atomic E-state index is 0.0317. The molecule has 0 aromatic heterocycles. The van der Waals surface area contributed by atoms with Gasteiger partial charge < -0.3 is 4.74 Å². The first kappa shape index (κ1) is 12.4. The van der Waals surface area contributed by atoms with E-state index in [4.69, 9.17) is 4.74 Å². The van der Waals surface area contributed by atoms with Crippen molar-refractivity contribution in [2.75, 3.05) is 7.11 Å². The normalized spacial score (nSPS) is 10.1. The molecule has 2 nitrogen and oxygen atoms in total. The number of benzene rings is 2. The molecular weight excluding hydrogens is 224 g/mol. The van der Waals surface area contributed by atoms with Crippen LogP contribution in [0, 0.1) is 0 Å². The van der Waals surface area contributed by atoms with Gasteiger partial charge in [0, 0.05) is 11.1 Å². The van der Waals surface area contributed by atoms with Gasteiger partial charge in [0.15, 0.2) is 5.78 Å². The van der Waals surface area contributed by atoms with Crippen molar-refractivity contribution in [1.29, 1.82) is 0 Å². The first-order chi connectivity index (χ1) is 8.74. The summed E-state index contributed by atoms with van der Waals surface area (Å²) < 4.78 is 5.23. The maximum atomic E-state index is 12.3. The van der Waals surface area contributed by atoms with Crippen molar-refractivity contribution in [3.63, 3.8) is 0 Å². The Hall–Kier alpha value is -2.09. The van der Waals surface area contributed by atoms with Crippen LogP contribution in [0.4, 0.5) is 0 Å². The lowest BCUT2D eigenvalue weighted by atomic mass is 10.00. The Morgan fingerprint density at radius 3 is 2.39 bits per heavy atom. The fraction of sp³-hybridized carbons (Fsp3) is 0.188. The number of hydrogen-bond acceptors (Lipinski definition) is 2. The van der Waals surface area contributed by atoms with E-state index in [9.17, 15) is 4.79 Å². The summed E-state index contributed by atoms with van der Waals surface area (Å²) in [6.45, 7) is 2.06. The van der Waals surface area contributed by atoms with Crippen LogP contribution in [-0.4, -0.2) is 12.9 Å². The van der Waals surface area contributed by atoms with Crippen LogP contribution in [0.2, 0.25) is 0 Å². The van der Waals surface area contributed by atoms with Crippen LogP contribution in [0.15, 0.2) is 48.5 Å². The fourth-order valence-corrected chi connectivity index (χ4v) is 1.87. The second kappa shape index (κ2) is 5.50. The molecule has 0 heterocycles. The molecule has 0 aliphatic rings. The standard InChI is InChI=1S/C16H16O2/c1-3-12-9-14(11-15(10-12)18-2)16(17)13-7-5-4-6-8-13/h4-11H,3H2,1-2H3. The van der Waals surface area contributed by atoms with Crippen molar-refractivity contribution in [2.24, 2.45) is 0 Å². The van der Waals surface area contributed by atoms with E-state index in [-0.39, 0.29) is 5.78 Å². The molecule has 0 N–H and O–H groups in total. The van der Waals surface area contributed by atoms with Crippen molar-refractivity contribution < 1.29 is 9.53 Å². The quantitative estimate of drug-likeness (QED) is 0.765. The largest absolute Gasteiger partial charge is 0.497 e. The number of carbonyl (C=O) groups excluding carboxylic acids is 1. The molecule has 0 bridgehead atoms. The summed E-state index contributed by atoms with van der Waals surface area (Å²) in [7, 11) is 1.62. The molecule has 2 aromatic rings. The van der Waals surface area contributed by atoms with Crippen LogP contribution in [0.5, 0.6) is 5.75 Å². The van der Waals surface area contributed by atoms with E-state index in [1.807, 2.05) is 42.5 Å². The number of hydrogen-bond donors (Lipinski definition) is 0. The van der Waals surface area contributed by atoms with E-state index in [1.54, 1.807) is 13.2 Å². The summed E-state index contributed by atoms with van der Waals surface area (Å²) in [6.07, 6.45) is 0.881. The molecule has 2 rings (SSSR count). The lowest BCUT2D eigenvalue weighted by Gasteiger charge is -2.07. The minimum atomic E-state index is 0.0317. The van der Waals surface area contributed by atoms with Crippen LogP contribution in [0.1, 0.15) is 28.4 Å². The van der Waals surface area contributed by atoms with E-state index in [1.165, 1.54) is 0 Å². The van der Waals surface area contributed by atoms with Gasteiger partial charge in [-0.25, -0.2) is 0 Å². The summed E-state index contributed by atoms with van der Waals surface area (Å²) in [5, 5.41) is 0. The van der Waals surface area contributed by atoms with Crippen molar-refractivity contribution >= 4 is 5.78 Å². The molecule has 0 aliphatic heterocycles. The Morgan fingerprint density at radius 2 is 1.78 bits per heavy atom. The summed E-state index contributed by atoms with van der Waals surface area (Å²) in [5.74, 6) is 0.762. The zero-order valence-corrected chi connectivity index (χ0v) is 10.6. The Labute approximate surface area is 107 Å². The van der Waals surface area contributed by atoms with Gasteiger partial charge in [-0.3, -0.25) is 4.79 Å². The lowest BCUT2D eigenvalue weighted by molar-refractivity contribution is 0.103. The molecule has 2 aromatic carbocycles. The van der Waals surface area contributed by atoms with Crippen LogP contribution >= 0.6 is 0 Å². The minimum Gasteiger partial charge on any atom is -0.497 e. The van der Waals surface area contributed by atoms with E-state index in [2.05, 4.69) is 6.92 Å². The smallest absolute Gasteiger partial charge is 0.193 e. The zero-order valence-electron chi connectivity index (χ0n) is 10.6. The summed E-state index contributed by atoms with van der Waals surface area (Å²) in [4.78, 5) is 12.3. The van der Waals surface area contributed by atoms with Crippen LogP contribution in [-0.2, 0) is 6.42 Å². The first-order valence-corrected chi connectivity index (χ1v) is 6.02. The zero-order chi connectivity index (χ0) is 13.0. The SMILES string of the molecule is CCc1cc(OC)cc(C(=O)c2ccccc2)c1. The fourth-order valence-electron chi connectivity index (χ4n) is 1.87. The maximum Gasteiger partial charge on any atom is 0.193 e. The molecule has 0 radical (unpaired) electrons. The summed E-state index contributed by atoms with van der Waals surface area (Å²) in [6, 6.07) is 15.0. The molecule has 0 saturated carbocycles. The molecule has 0 unspecified atom stereocenters. The van der Waals surface area contributed by atoms with Crippen molar-refractivity contribution in [1.82, 2.24) is 0 Å². The van der Waals surface area contributed by atoms with E-state index < -0.39 is 0 Å². The van der Waals surface area contributed by atoms with Gasteiger partial charge in [0.05, 0.1) is 7.11 Å². The van der Waals surface area contributed by atoms with E-state index >= 15 is 0 Å². The average molecular weight is 240 g/mol. The lowest BCUT2D eigenvalue weighted by Crippen LogP contribution is -2.02. The van der Waals surface area contributed by atoms with Crippen LogP contribution in [0.3, 0.4) is 0 Å². The van der Waals surface area contributed by atoms with Gasteiger partial charge in [-0.2, -0.15) is 0 Å². The highest BCUT2D eigenvalue weighted by molar-refractivity contribution is 6.09. The first-order valence-electron chi connectivity index (χ1n) is 6.02. The van der Waals surface area contributed by atoms with Crippen molar-refractivity contribution in [3.05, 3.63) is 65.2 Å². The van der Waals surface area contributed by atoms with Crippen LogP contribution < -0.4 is 4.74 Å². The van der Waals surface area contributed by atoms with Gasteiger partial charge in [-0.1, -0.05) is 37.3 Å². The Kier molecular flexibility index (Phi) is 3.78. The predicted molar refractivity (Wildman–Crippen MR) is 72.2 cm³/mol. The number of ketones is 1. The third-order valence-electron chi connectivity index (χ3n) is 2.91. The highest BCUT2D eigenvalue weighted by Gasteiger charge is 2.10. The molecule has 18 heavy (non-hydrogen) atoms. The molecule has 0 fully saturated rings. The van der Waals surface area contributed by atoms with Gasteiger partial charge >= 0.3 is 0 Å². The number of rotatable bonds is 4. The molecule has 2 heteroatoms. The monoisotopic (exact) mass is 240 g/mol. The molecular formula is C16H16O2. The van der Waals surface area contributed by atoms with Gasteiger partial charge in [-0.05, 0) is 30.2 Å². The maximum absolute atomic E-state index is 12.3. The molecule has 0 amide bonds. The number of aryl methyl sites for hydroxylation is 1. The van der Waals surface area contributed by atoms with Gasteiger partial charge in [0.1, 0.15) is 5.75 Å². The number of carbonyl (C=O) groups is 1. The molecule has 0 spiro atoms. The molecule has 92 valence electrons. The Bertz CT molecular complexity index is 522. The van der Waals surface area contributed by atoms with Crippen molar-refractivity contribution in [2.45, 2.75) is 13.3 Å². The average Bonchev–Trinajstić information content (AvgIpc) is 2.46. The van der Waals surface area contributed by atoms with Crippen LogP contribution in [0.25, 0.3) is 0 Å². The van der Waals surface area contributed by atoms with E-state index in [0.29, 0.717) is 11.1 Å². The summed E-state index contributed by atoms with van der Waals surface area (Å²) >= 11 is 0. The second-order valence-corrected chi connectivity index (χ2v) is 4.12. The highest BCUT2D eigenvalue weighted by atomic mass is 16.5. The van der Waals surface area contributed by atoms with Gasteiger partial charge in [-0.15, -0.1) is 0 Å². The van der Waals surface area contributed by atoms with Gasteiger partial charge in [0.2, 0.25) is 0 Å². The predicted octanol–water partition coefficient (Wildman–Crippen LogP) is 3.49. The molecule has 0 aliphatic carbocycles. The second-order valence-electron chi connectivity index (χ2n) is 4.12. The third kappa shape index (κ3) is 2.59. The van der Waals surface area contributed by atoms with Gasteiger partial charge in [0.25, 0.3) is 0 Å². The summed E-state index contributed by atoms with van der Waals surface area (Å²) in [5.41, 5.74) is 2.49. The highest BCUT2D eigenvalue weighted by Crippen LogP contribution is 2.20. The Balaban J connectivity index is 2.41. The third-order valence-corrected chi connectivity index (χ3v) is 2.91. The number of ether oxygens (including phenoxy) is 1. The molecule has 0 saturated heterocycles. The topological polar surface area (TPSA) is 26.3 Å². The molecule has 0 atom stereocenters. The number of methoxy groups -OCH3 is 1.